The molecule has 1 unspecified atom stereocenters. The summed E-state index contributed by atoms with van der Waals surface area (Å²) in [5.41, 5.74) is 5.65. The van der Waals surface area contributed by atoms with Crippen molar-refractivity contribution in [3.8, 4) is 0 Å². The van der Waals surface area contributed by atoms with Crippen LogP contribution in [0.4, 0.5) is 5.69 Å². The van der Waals surface area contributed by atoms with Crippen molar-refractivity contribution in [1.29, 1.82) is 0 Å². The Labute approximate surface area is 158 Å². The second-order valence-corrected chi connectivity index (χ2v) is 62.9. The molecule has 0 aromatic heterocycles. The van der Waals surface area contributed by atoms with Crippen LogP contribution in [-0.4, -0.2) is 14.9 Å². The fraction of sp³-hybridized carbons (Fsp3) is 0.533. The van der Waals surface area contributed by atoms with E-state index in [-0.39, 0.29) is 0 Å². The summed E-state index contributed by atoms with van der Waals surface area (Å²) < 4.78 is 0. The Morgan fingerprint density at radius 1 is 1.09 bits per heavy atom. The summed E-state index contributed by atoms with van der Waals surface area (Å²) in [7, 11) is 25.0. The number of fused-ring (bicyclic) bond motifs is 1. The SMILES string of the molecule is CCCCC1CC(C)=[NH+]c2ccc(C)cc21.[Cl][Sb-]([Cl])([Cl])([Cl])([Cl])[Cl]. The van der Waals surface area contributed by atoms with Crippen LogP contribution in [0.3, 0.4) is 0 Å². The van der Waals surface area contributed by atoms with Crippen molar-refractivity contribution in [2.45, 2.75) is 52.4 Å². The summed E-state index contributed by atoms with van der Waals surface area (Å²) in [6.45, 7) is 6.67. The van der Waals surface area contributed by atoms with Gasteiger partial charge in [0.25, 0.3) is 0 Å². The van der Waals surface area contributed by atoms with Crippen molar-refractivity contribution in [3.63, 3.8) is 0 Å². The number of nitrogens with one attached hydrogen (secondary N) is 1. The quantitative estimate of drug-likeness (QED) is 0.408. The first-order valence-corrected chi connectivity index (χ1v) is 26.8. The number of unbranched alkanes of at least 4 members (excludes halogenated alkanes) is 1. The maximum atomic E-state index is 5.06. The second-order valence-electron chi connectivity index (χ2n) is 6.00. The van der Waals surface area contributed by atoms with Gasteiger partial charge in [0, 0.05) is 25.0 Å². The Morgan fingerprint density at radius 2 is 1.65 bits per heavy atom. The molecule has 1 atom stereocenters. The summed E-state index contributed by atoms with van der Waals surface area (Å²) in [5.74, 6) is 0.732. The van der Waals surface area contributed by atoms with Gasteiger partial charge >= 0.3 is 62.1 Å². The maximum absolute atomic E-state index is 5.42. The molecule has 0 fully saturated rings. The molecule has 1 aliphatic heterocycles. The van der Waals surface area contributed by atoms with Crippen LogP contribution in [0.15, 0.2) is 18.2 Å². The Bertz CT molecular complexity index is 580. The van der Waals surface area contributed by atoms with Gasteiger partial charge in [0.1, 0.15) is 0 Å². The zero-order valence-electron chi connectivity index (χ0n) is 13.4. The standard InChI is InChI=1S/C15H21N.6ClH.Sb/c1-4-5-6-13-10-12(3)16-15-8-7-11(2)9-14(13)15;;;;;;;/h7-9,13H,4-6,10H2,1-3H3;6*1H;/q;;;;;;;+5/p-5. The average molecular weight is 551 g/mol. The number of aryl methyl sites for hydroxylation is 1. The summed E-state index contributed by atoms with van der Waals surface area (Å²) in [6, 6.07) is 6.78. The Kier molecular flexibility index (Phi) is 7.42. The van der Waals surface area contributed by atoms with Crippen LogP contribution in [0.2, 0.25) is 0 Å². The van der Waals surface area contributed by atoms with Gasteiger partial charge in [0.05, 0.1) is 0 Å². The first-order valence-electron chi connectivity index (χ1n) is 7.42. The third kappa shape index (κ3) is 11.6. The van der Waals surface area contributed by atoms with E-state index in [1.54, 1.807) is 0 Å². The molecule has 134 valence electrons. The minimum absolute atomic E-state index is 0.732. The predicted molar refractivity (Wildman–Crippen MR) is 110 cm³/mol. The van der Waals surface area contributed by atoms with Crippen molar-refractivity contribution < 1.29 is 4.99 Å². The average Bonchev–Trinajstić information content (AvgIpc) is 2.32. The molecule has 0 saturated heterocycles. The van der Waals surface area contributed by atoms with E-state index in [9.17, 15) is 0 Å². The fourth-order valence-electron chi connectivity index (χ4n) is 2.60. The zero-order valence-corrected chi connectivity index (χ0v) is 20.4. The van der Waals surface area contributed by atoms with Crippen molar-refractivity contribution in [2.75, 3.05) is 0 Å². The summed E-state index contributed by atoms with van der Waals surface area (Å²) in [6.07, 6.45) is 5.16. The first-order chi connectivity index (χ1) is 10.2. The van der Waals surface area contributed by atoms with Crippen LogP contribution < -0.4 is 4.99 Å². The summed E-state index contributed by atoms with van der Waals surface area (Å²) >= 11 is 0. The van der Waals surface area contributed by atoms with Crippen LogP contribution >= 0.6 is 53.0 Å². The van der Waals surface area contributed by atoms with Gasteiger partial charge in [-0.2, -0.15) is 0 Å². The molecule has 2 rings (SSSR count). The summed E-state index contributed by atoms with van der Waals surface area (Å²) in [5, 5.41) is 0. The van der Waals surface area contributed by atoms with Crippen LogP contribution in [0.1, 0.15) is 56.6 Å². The molecule has 0 amide bonds. The molecular formula is C15H22Cl6NSb. The van der Waals surface area contributed by atoms with Crippen LogP contribution in [0.5, 0.6) is 0 Å². The minimum atomic E-state index is -5.42. The van der Waals surface area contributed by atoms with Gasteiger partial charge in [0.15, 0.2) is 5.71 Å². The molecule has 23 heavy (non-hydrogen) atoms. The van der Waals surface area contributed by atoms with Gasteiger partial charge < -0.3 is 0 Å². The van der Waals surface area contributed by atoms with E-state index in [1.165, 1.54) is 48.2 Å². The zero-order chi connectivity index (χ0) is 18.0. The molecule has 0 aliphatic carbocycles. The Morgan fingerprint density at radius 3 is 2.17 bits per heavy atom. The Hall–Kier alpha value is 1.45. The number of hydrogen-bond donors (Lipinski definition) is 1. The van der Waals surface area contributed by atoms with Gasteiger partial charge in [0.2, 0.25) is 5.69 Å². The first kappa shape index (κ1) is 22.5. The molecule has 1 nitrogen and oxygen atoms in total. The van der Waals surface area contributed by atoms with E-state index < -0.39 is 9.14 Å². The predicted octanol–water partition coefficient (Wildman–Crippen LogP) is 6.60. The summed E-state index contributed by atoms with van der Waals surface area (Å²) in [4.78, 5) is 3.51. The molecule has 8 heteroatoms. The van der Waals surface area contributed by atoms with E-state index in [0.29, 0.717) is 0 Å². The van der Waals surface area contributed by atoms with E-state index in [0.717, 1.165) is 5.92 Å². The molecule has 1 N–H and O–H groups in total. The van der Waals surface area contributed by atoms with E-state index in [4.69, 9.17) is 53.0 Å². The molecule has 0 saturated carbocycles. The van der Waals surface area contributed by atoms with E-state index in [2.05, 4.69) is 44.0 Å². The van der Waals surface area contributed by atoms with Crippen molar-refractivity contribution in [1.82, 2.24) is 0 Å². The molecule has 0 spiro atoms. The normalized spacial score (nSPS) is 20.4. The van der Waals surface area contributed by atoms with E-state index >= 15 is 0 Å². The van der Waals surface area contributed by atoms with Crippen LogP contribution in [-0.2, 0) is 0 Å². The van der Waals surface area contributed by atoms with Crippen molar-refractivity contribution in [3.05, 3.63) is 29.3 Å². The van der Waals surface area contributed by atoms with Crippen LogP contribution in [0.25, 0.3) is 0 Å². The Balaban J connectivity index is 0.000000322. The third-order valence-electron chi connectivity index (χ3n) is 3.45. The molecule has 1 heterocycles. The second kappa shape index (κ2) is 7.59. The van der Waals surface area contributed by atoms with Crippen molar-refractivity contribution in [2.24, 2.45) is 0 Å². The fourth-order valence-corrected chi connectivity index (χ4v) is 2.60. The molecular weight excluding hydrogens is 529 g/mol. The molecule has 1 aromatic rings. The van der Waals surface area contributed by atoms with E-state index in [1.807, 2.05) is 0 Å². The van der Waals surface area contributed by atoms with Crippen molar-refractivity contribution >= 4 is 73.5 Å². The van der Waals surface area contributed by atoms with Gasteiger partial charge in [-0.05, 0) is 25.3 Å². The van der Waals surface area contributed by atoms with Crippen LogP contribution in [0, 0.1) is 6.92 Å². The third-order valence-corrected chi connectivity index (χ3v) is 3.45. The van der Waals surface area contributed by atoms with Gasteiger partial charge in [-0.1, -0.05) is 31.4 Å². The molecule has 1 aliphatic rings. The van der Waals surface area contributed by atoms with Gasteiger partial charge in [-0.25, -0.2) is 4.99 Å². The monoisotopic (exact) mass is 547 g/mol. The topological polar surface area (TPSA) is 14.0 Å². The van der Waals surface area contributed by atoms with Gasteiger partial charge in [-0.3, -0.25) is 0 Å². The number of rotatable bonds is 3. The van der Waals surface area contributed by atoms with Gasteiger partial charge in [-0.15, -0.1) is 0 Å². The number of hydrogen-bond acceptors (Lipinski definition) is 0. The molecule has 0 radical (unpaired) electrons. The molecule has 0 bridgehead atoms. The number of benzene rings is 1. The number of halogens is 6. The molecule has 1 aromatic carbocycles.